The molecule has 0 aliphatic carbocycles. The highest BCUT2D eigenvalue weighted by Crippen LogP contribution is 1.95. The third kappa shape index (κ3) is 5.54. The molecular formula is C9H17N3O2S. The Bertz CT molecular complexity index is 397. The van der Waals surface area contributed by atoms with E-state index in [1.54, 1.807) is 10.9 Å². The molecule has 86 valence electrons. The summed E-state index contributed by atoms with van der Waals surface area (Å²) in [5.74, 6) is 0.243. The van der Waals surface area contributed by atoms with Crippen LogP contribution in [0.25, 0.3) is 0 Å². The summed E-state index contributed by atoms with van der Waals surface area (Å²) in [6.07, 6.45) is 5.64. The molecular weight excluding hydrogens is 214 g/mol. The minimum atomic E-state index is -2.82. The standard InChI is InChI=1S/C9H17N3O2S/c1-12-8-9(7-11-12)6-10-4-3-5-15(2,13)14/h7-8,10H,3-6H2,1-2H3. The molecule has 0 fully saturated rings. The van der Waals surface area contributed by atoms with E-state index in [2.05, 4.69) is 10.4 Å². The molecule has 5 nitrogen and oxygen atoms in total. The Hall–Kier alpha value is -0.880. The molecule has 1 heterocycles. The first kappa shape index (κ1) is 12.2. The predicted molar refractivity (Wildman–Crippen MR) is 59.2 cm³/mol. The lowest BCUT2D eigenvalue weighted by Crippen LogP contribution is -2.17. The van der Waals surface area contributed by atoms with Gasteiger partial charge in [0.2, 0.25) is 0 Å². The molecule has 0 spiro atoms. The zero-order valence-corrected chi connectivity index (χ0v) is 9.92. The lowest BCUT2D eigenvalue weighted by molar-refractivity contribution is 0.594. The van der Waals surface area contributed by atoms with E-state index in [0.717, 1.165) is 12.1 Å². The summed E-state index contributed by atoms with van der Waals surface area (Å²) < 4.78 is 23.4. The number of nitrogens with zero attached hydrogens (tertiary/aromatic N) is 2. The van der Waals surface area contributed by atoms with Crippen LogP contribution in [0, 0.1) is 0 Å². The molecule has 0 atom stereocenters. The van der Waals surface area contributed by atoms with Gasteiger partial charge in [0.25, 0.3) is 0 Å². The summed E-state index contributed by atoms with van der Waals surface area (Å²) in [7, 11) is -0.953. The number of sulfone groups is 1. The lowest BCUT2D eigenvalue weighted by Gasteiger charge is -2.01. The Morgan fingerprint density at radius 3 is 2.80 bits per heavy atom. The molecule has 1 aromatic rings. The largest absolute Gasteiger partial charge is 0.313 e. The molecule has 1 rings (SSSR count). The first-order valence-corrected chi connectivity index (χ1v) is 6.89. The normalized spacial score (nSPS) is 11.9. The van der Waals surface area contributed by atoms with Crippen molar-refractivity contribution in [3.8, 4) is 0 Å². The van der Waals surface area contributed by atoms with Gasteiger partial charge in [-0.25, -0.2) is 8.42 Å². The van der Waals surface area contributed by atoms with Gasteiger partial charge in [-0.15, -0.1) is 0 Å². The maximum atomic E-state index is 10.8. The van der Waals surface area contributed by atoms with Crippen molar-refractivity contribution >= 4 is 9.84 Å². The van der Waals surface area contributed by atoms with E-state index in [1.807, 2.05) is 13.2 Å². The van der Waals surface area contributed by atoms with Gasteiger partial charge in [0, 0.05) is 31.6 Å². The van der Waals surface area contributed by atoms with Crippen LogP contribution in [-0.2, 0) is 23.4 Å². The first-order chi connectivity index (χ1) is 6.97. The minimum Gasteiger partial charge on any atom is -0.313 e. The number of hydrogen-bond acceptors (Lipinski definition) is 4. The van der Waals surface area contributed by atoms with Crippen LogP contribution in [0.15, 0.2) is 12.4 Å². The molecule has 0 radical (unpaired) electrons. The molecule has 0 saturated carbocycles. The predicted octanol–water partition coefficient (Wildman–Crippen LogP) is -0.0556. The molecule has 15 heavy (non-hydrogen) atoms. The maximum Gasteiger partial charge on any atom is 0.147 e. The number of hydrogen-bond donors (Lipinski definition) is 1. The lowest BCUT2D eigenvalue weighted by atomic mass is 10.3. The van der Waals surface area contributed by atoms with E-state index in [-0.39, 0.29) is 5.75 Å². The Balaban J connectivity index is 2.12. The van der Waals surface area contributed by atoms with E-state index in [9.17, 15) is 8.42 Å². The summed E-state index contributed by atoms with van der Waals surface area (Å²) in [5.41, 5.74) is 1.11. The topological polar surface area (TPSA) is 64.0 Å². The monoisotopic (exact) mass is 231 g/mol. The highest BCUT2D eigenvalue weighted by Gasteiger charge is 2.01. The van der Waals surface area contributed by atoms with Crippen molar-refractivity contribution in [1.82, 2.24) is 15.1 Å². The van der Waals surface area contributed by atoms with Crippen molar-refractivity contribution in [3.63, 3.8) is 0 Å². The summed E-state index contributed by atoms with van der Waals surface area (Å²) in [6, 6.07) is 0. The first-order valence-electron chi connectivity index (χ1n) is 4.83. The van der Waals surface area contributed by atoms with Crippen molar-refractivity contribution in [1.29, 1.82) is 0 Å². The van der Waals surface area contributed by atoms with Gasteiger partial charge < -0.3 is 5.32 Å². The summed E-state index contributed by atoms with van der Waals surface area (Å²) in [6.45, 7) is 1.44. The zero-order chi connectivity index (χ0) is 11.3. The fourth-order valence-corrected chi connectivity index (χ4v) is 1.92. The van der Waals surface area contributed by atoms with Gasteiger partial charge in [-0.05, 0) is 13.0 Å². The van der Waals surface area contributed by atoms with Crippen LogP contribution in [0.2, 0.25) is 0 Å². The quantitative estimate of drug-likeness (QED) is 0.697. The van der Waals surface area contributed by atoms with Crippen molar-refractivity contribution in [3.05, 3.63) is 18.0 Å². The number of aryl methyl sites for hydroxylation is 1. The molecule has 0 bridgehead atoms. The van der Waals surface area contributed by atoms with Crippen LogP contribution in [0.4, 0.5) is 0 Å². The molecule has 0 amide bonds. The fraction of sp³-hybridized carbons (Fsp3) is 0.667. The summed E-state index contributed by atoms with van der Waals surface area (Å²) in [5, 5.41) is 7.21. The van der Waals surface area contributed by atoms with Crippen molar-refractivity contribution in [2.75, 3.05) is 18.6 Å². The third-order valence-electron chi connectivity index (χ3n) is 1.96. The van der Waals surface area contributed by atoms with Crippen molar-refractivity contribution < 1.29 is 8.42 Å². The number of rotatable bonds is 6. The molecule has 1 aromatic heterocycles. The Kier molecular flexibility index (Phi) is 4.28. The van der Waals surface area contributed by atoms with Crippen LogP contribution in [0.1, 0.15) is 12.0 Å². The Labute approximate surface area is 90.4 Å². The molecule has 0 unspecified atom stereocenters. The average Bonchev–Trinajstić information content (AvgIpc) is 2.49. The van der Waals surface area contributed by atoms with Gasteiger partial charge in [-0.2, -0.15) is 5.10 Å². The second kappa shape index (κ2) is 5.27. The van der Waals surface area contributed by atoms with Gasteiger partial charge in [-0.1, -0.05) is 0 Å². The van der Waals surface area contributed by atoms with Gasteiger partial charge in [-0.3, -0.25) is 4.68 Å². The van der Waals surface area contributed by atoms with E-state index < -0.39 is 9.84 Å². The fourth-order valence-electron chi connectivity index (χ4n) is 1.26. The second-order valence-corrected chi connectivity index (χ2v) is 5.94. The van der Waals surface area contributed by atoms with E-state index in [0.29, 0.717) is 13.0 Å². The van der Waals surface area contributed by atoms with Crippen LogP contribution in [0.5, 0.6) is 0 Å². The van der Waals surface area contributed by atoms with Gasteiger partial charge in [0.15, 0.2) is 0 Å². The minimum absolute atomic E-state index is 0.243. The van der Waals surface area contributed by atoms with Crippen molar-refractivity contribution in [2.45, 2.75) is 13.0 Å². The molecule has 0 saturated heterocycles. The highest BCUT2D eigenvalue weighted by atomic mass is 32.2. The molecule has 0 aliphatic heterocycles. The van der Waals surface area contributed by atoms with Gasteiger partial charge >= 0.3 is 0 Å². The van der Waals surface area contributed by atoms with E-state index in [4.69, 9.17) is 0 Å². The number of aromatic nitrogens is 2. The van der Waals surface area contributed by atoms with E-state index >= 15 is 0 Å². The SMILES string of the molecule is Cn1cc(CNCCCS(C)(=O)=O)cn1. The van der Waals surface area contributed by atoms with Crippen molar-refractivity contribution in [2.24, 2.45) is 7.05 Å². The van der Waals surface area contributed by atoms with E-state index in [1.165, 1.54) is 6.26 Å². The third-order valence-corrected chi connectivity index (χ3v) is 2.99. The van der Waals surface area contributed by atoms with Gasteiger partial charge in [0.05, 0.1) is 11.9 Å². The molecule has 6 heteroatoms. The van der Waals surface area contributed by atoms with Crippen LogP contribution >= 0.6 is 0 Å². The second-order valence-electron chi connectivity index (χ2n) is 3.68. The van der Waals surface area contributed by atoms with Crippen LogP contribution in [-0.4, -0.2) is 36.8 Å². The Morgan fingerprint density at radius 2 is 2.27 bits per heavy atom. The molecule has 0 aromatic carbocycles. The maximum absolute atomic E-state index is 10.8. The van der Waals surface area contributed by atoms with Crippen LogP contribution in [0.3, 0.4) is 0 Å². The summed E-state index contributed by atoms with van der Waals surface area (Å²) >= 11 is 0. The zero-order valence-electron chi connectivity index (χ0n) is 9.10. The highest BCUT2D eigenvalue weighted by molar-refractivity contribution is 7.90. The smallest absolute Gasteiger partial charge is 0.147 e. The average molecular weight is 231 g/mol. The molecule has 1 N–H and O–H groups in total. The van der Waals surface area contributed by atoms with Gasteiger partial charge in [0.1, 0.15) is 9.84 Å². The number of nitrogens with one attached hydrogen (secondary N) is 1. The summed E-state index contributed by atoms with van der Waals surface area (Å²) in [4.78, 5) is 0. The Morgan fingerprint density at radius 1 is 1.53 bits per heavy atom. The molecule has 0 aliphatic rings. The van der Waals surface area contributed by atoms with Crippen LogP contribution < -0.4 is 5.32 Å².